The highest BCUT2D eigenvalue weighted by molar-refractivity contribution is 9.10. The van der Waals surface area contributed by atoms with E-state index in [0.717, 1.165) is 10.2 Å². The second-order valence-corrected chi connectivity index (χ2v) is 4.81. The Hall–Kier alpha value is -1.75. The number of carbonyl (C=O) groups is 1. The molecule has 5 heteroatoms. The molecule has 0 saturated carbocycles. The van der Waals surface area contributed by atoms with Gasteiger partial charge in [0.25, 0.3) is 0 Å². The van der Waals surface area contributed by atoms with E-state index in [1.54, 1.807) is 13.0 Å². The molecule has 2 rings (SSSR count). The number of hydrogen-bond acceptors (Lipinski definition) is 3. The third-order valence-electron chi connectivity index (χ3n) is 2.45. The summed E-state index contributed by atoms with van der Waals surface area (Å²) < 4.78 is 6.23. The van der Waals surface area contributed by atoms with Gasteiger partial charge in [0.2, 0.25) is 5.76 Å². The van der Waals surface area contributed by atoms with Crippen molar-refractivity contribution in [2.24, 2.45) is 0 Å². The van der Waals surface area contributed by atoms with E-state index in [1.165, 1.54) is 0 Å². The van der Waals surface area contributed by atoms with E-state index in [-0.39, 0.29) is 5.76 Å². The monoisotopic (exact) mass is 309 g/mol. The molecule has 0 aliphatic rings. The first kappa shape index (κ1) is 12.7. The normalized spacial score (nSPS) is 10.3. The lowest BCUT2D eigenvalue weighted by molar-refractivity contribution is 0.0659. The number of rotatable bonds is 4. The molecule has 4 nitrogen and oxygen atoms in total. The predicted octanol–water partition coefficient (Wildman–Crippen LogP) is 3.66. The lowest BCUT2D eigenvalue weighted by atomic mass is 10.2. The summed E-state index contributed by atoms with van der Waals surface area (Å²) in [7, 11) is 0. The summed E-state index contributed by atoms with van der Waals surface area (Å²) in [6.07, 6.45) is 0. The van der Waals surface area contributed by atoms with Crippen molar-refractivity contribution in [2.45, 2.75) is 13.5 Å². The van der Waals surface area contributed by atoms with Gasteiger partial charge in [0, 0.05) is 15.7 Å². The summed E-state index contributed by atoms with van der Waals surface area (Å²) in [5.74, 6) is -0.438. The molecule has 18 heavy (non-hydrogen) atoms. The van der Waals surface area contributed by atoms with Crippen LogP contribution in [-0.2, 0) is 6.54 Å². The highest BCUT2D eigenvalue weighted by Gasteiger charge is 2.13. The van der Waals surface area contributed by atoms with Crippen molar-refractivity contribution in [1.29, 1.82) is 0 Å². The Morgan fingerprint density at radius 1 is 1.44 bits per heavy atom. The van der Waals surface area contributed by atoms with Gasteiger partial charge in [-0.05, 0) is 31.2 Å². The van der Waals surface area contributed by atoms with Gasteiger partial charge < -0.3 is 14.8 Å². The molecule has 0 spiro atoms. The number of furan rings is 1. The minimum absolute atomic E-state index is 0.000965. The van der Waals surface area contributed by atoms with Gasteiger partial charge in [0.1, 0.15) is 5.76 Å². The highest BCUT2D eigenvalue weighted by atomic mass is 79.9. The molecule has 0 amide bonds. The number of carboxylic acid groups (broad SMARTS) is 1. The van der Waals surface area contributed by atoms with Gasteiger partial charge in [-0.25, -0.2) is 4.79 Å². The van der Waals surface area contributed by atoms with Crippen LogP contribution in [0.2, 0.25) is 0 Å². The van der Waals surface area contributed by atoms with Crippen LogP contribution in [0.25, 0.3) is 0 Å². The zero-order valence-corrected chi connectivity index (χ0v) is 11.3. The molecule has 0 aliphatic carbocycles. The Morgan fingerprint density at radius 3 is 2.83 bits per heavy atom. The maximum atomic E-state index is 10.8. The van der Waals surface area contributed by atoms with Crippen molar-refractivity contribution in [3.63, 3.8) is 0 Å². The minimum Gasteiger partial charge on any atom is -0.475 e. The molecule has 1 aromatic heterocycles. The molecule has 0 radical (unpaired) electrons. The van der Waals surface area contributed by atoms with Crippen LogP contribution in [0.15, 0.2) is 39.2 Å². The standard InChI is InChI=1S/C13H12BrNO3/c1-8-5-11(18-12(8)13(16)17)7-15-10-4-2-3-9(14)6-10/h2-6,15H,7H2,1H3,(H,16,17). The first-order valence-corrected chi connectivity index (χ1v) is 6.17. The van der Waals surface area contributed by atoms with Gasteiger partial charge in [-0.1, -0.05) is 22.0 Å². The highest BCUT2D eigenvalue weighted by Crippen LogP contribution is 2.18. The van der Waals surface area contributed by atoms with E-state index < -0.39 is 5.97 Å². The Kier molecular flexibility index (Phi) is 3.72. The second-order valence-electron chi connectivity index (χ2n) is 3.89. The summed E-state index contributed by atoms with van der Waals surface area (Å²) in [5, 5.41) is 12.0. The van der Waals surface area contributed by atoms with Gasteiger partial charge in [-0.3, -0.25) is 0 Å². The van der Waals surface area contributed by atoms with Crippen LogP contribution < -0.4 is 5.32 Å². The van der Waals surface area contributed by atoms with Crippen LogP contribution in [0, 0.1) is 6.92 Å². The smallest absolute Gasteiger partial charge is 0.372 e. The van der Waals surface area contributed by atoms with Crippen molar-refractivity contribution in [3.05, 3.63) is 51.9 Å². The summed E-state index contributed by atoms with van der Waals surface area (Å²) in [4.78, 5) is 10.8. The van der Waals surface area contributed by atoms with Gasteiger partial charge in [0.15, 0.2) is 0 Å². The van der Waals surface area contributed by atoms with Crippen LogP contribution in [0.1, 0.15) is 21.9 Å². The molecule has 2 aromatic rings. The van der Waals surface area contributed by atoms with Gasteiger partial charge in [-0.15, -0.1) is 0 Å². The van der Waals surface area contributed by atoms with Crippen LogP contribution >= 0.6 is 15.9 Å². The van der Waals surface area contributed by atoms with Crippen molar-refractivity contribution < 1.29 is 14.3 Å². The van der Waals surface area contributed by atoms with E-state index in [9.17, 15) is 4.79 Å². The Morgan fingerprint density at radius 2 is 2.22 bits per heavy atom. The molecule has 94 valence electrons. The molecule has 0 bridgehead atoms. The molecule has 0 atom stereocenters. The van der Waals surface area contributed by atoms with Gasteiger partial charge >= 0.3 is 5.97 Å². The first-order valence-electron chi connectivity index (χ1n) is 5.38. The topological polar surface area (TPSA) is 62.5 Å². The first-order chi connectivity index (χ1) is 8.56. The molecule has 0 fully saturated rings. The van der Waals surface area contributed by atoms with E-state index in [1.807, 2.05) is 24.3 Å². The third kappa shape index (κ3) is 2.92. The second kappa shape index (κ2) is 5.27. The van der Waals surface area contributed by atoms with E-state index in [4.69, 9.17) is 9.52 Å². The Balaban J connectivity index is 2.06. The zero-order valence-electron chi connectivity index (χ0n) is 9.74. The molecular weight excluding hydrogens is 298 g/mol. The minimum atomic E-state index is -1.04. The summed E-state index contributed by atoms with van der Waals surface area (Å²) in [6, 6.07) is 9.45. The molecule has 2 N–H and O–H groups in total. The molecule has 0 unspecified atom stereocenters. The van der Waals surface area contributed by atoms with E-state index >= 15 is 0 Å². The Bertz CT molecular complexity index is 577. The summed E-state index contributed by atoms with van der Waals surface area (Å²) in [6.45, 7) is 2.17. The number of hydrogen-bond donors (Lipinski definition) is 2. The number of halogens is 1. The summed E-state index contributed by atoms with van der Waals surface area (Å²) in [5.41, 5.74) is 1.57. The number of aryl methyl sites for hydroxylation is 1. The fourth-order valence-electron chi connectivity index (χ4n) is 1.64. The van der Waals surface area contributed by atoms with E-state index in [0.29, 0.717) is 17.9 Å². The van der Waals surface area contributed by atoms with Crippen molar-refractivity contribution >= 4 is 27.6 Å². The molecule has 1 heterocycles. The van der Waals surface area contributed by atoms with Crippen molar-refractivity contribution in [3.8, 4) is 0 Å². The SMILES string of the molecule is Cc1cc(CNc2cccc(Br)c2)oc1C(=O)O. The molecular formula is C13H12BrNO3. The predicted molar refractivity (Wildman–Crippen MR) is 71.9 cm³/mol. The average molecular weight is 310 g/mol. The quantitative estimate of drug-likeness (QED) is 0.904. The van der Waals surface area contributed by atoms with Crippen molar-refractivity contribution in [1.82, 2.24) is 0 Å². The lowest BCUT2D eigenvalue weighted by Crippen LogP contribution is -1.98. The van der Waals surface area contributed by atoms with Crippen LogP contribution in [-0.4, -0.2) is 11.1 Å². The zero-order chi connectivity index (χ0) is 13.1. The maximum absolute atomic E-state index is 10.8. The fourth-order valence-corrected chi connectivity index (χ4v) is 2.03. The average Bonchev–Trinajstić information content (AvgIpc) is 2.68. The van der Waals surface area contributed by atoms with Gasteiger partial charge in [0.05, 0.1) is 6.54 Å². The lowest BCUT2D eigenvalue weighted by Gasteiger charge is -2.04. The molecule has 0 aliphatic heterocycles. The number of carboxylic acids is 1. The maximum Gasteiger partial charge on any atom is 0.372 e. The number of nitrogens with one attached hydrogen (secondary N) is 1. The van der Waals surface area contributed by atoms with Crippen LogP contribution in [0.4, 0.5) is 5.69 Å². The fraction of sp³-hybridized carbons (Fsp3) is 0.154. The summed E-state index contributed by atoms with van der Waals surface area (Å²) >= 11 is 3.38. The van der Waals surface area contributed by atoms with Gasteiger partial charge in [-0.2, -0.15) is 0 Å². The number of anilines is 1. The largest absolute Gasteiger partial charge is 0.475 e. The van der Waals surface area contributed by atoms with Crippen molar-refractivity contribution in [2.75, 3.05) is 5.32 Å². The van der Waals surface area contributed by atoms with Crippen LogP contribution in [0.5, 0.6) is 0 Å². The number of aromatic carboxylic acids is 1. The molecule has 1 aromatic carbocycles. The Labute approximate surface area is 113 Å². The van der Waals surface area contributed by atoms with E-state index in [2.05, 4.69) is 21.2 Å². The van der Waals surface area contributed by atoms with Crippen LogP contribution in [0.3, 0.4) is 0 Å². The number of benzene rings is 1. The molecule has 0 saturated heterocycles. The third-order valence-corrected chi connectivity index (χ3v) is 2.95.